The van der Waals surface area contributed by atoms with E-state index in [1.54, 1.807) is 0 Å². The van der Waals surface area contributed by atoms with Crippen LogP contribution in [-0.4, -0.2) is 26.4 Å². The Hall–Kier alpha value is -4.36. The van der Waals surface area contributed by atoms with Crippen LogP contribution in [0.3, 0.4) is 0 Å². The molecule has 2 aromatic heterocycles. The molecule has 3 heterocycles. The minimum Gasteiger partial charge on any atom is -0.489 e. The Balaban J connectivity index is 1.19. The van der Waals surface area contributed by atoms with Crippen LogP contribution in [0.5, 0.6) is 5.75 Å². The Kier molecular flexibility index (Phi) is 5.75. The second-order valence-corrected chi connectivity index (χ2v) is 9.22. The van der Waals surface area contributed by atoms with Crippen molar-refractivity contribution >= 4 is 16.6 Å². The molecule has 0 unspecified atom stereocenters. The third-order valence-electron chi connectivity index (χ3n) is 6.71. The standard InChI is InChI=1S/C29H27N5O2/c30-22-8-6-20(7-9-22)28-32-27-12-13-34(17-25(27)29(35)33-28)16-21-15-31-26-11-10-23(14-24(21)26)36-18-19-4-2-1-3-5-19/h1-11,14-15,31H,12-13,16-18,30H2,(H,32,33,35). The van der Waals surface area contributed by atoms with Crippen molar-refractivity contribution in [1.29, 1.82) is 0 Å². The molecule has 36 heavy (non-hydrogen) atoms. The Morgan fingerprint density at radius 1 is 1.03 bits per heavy atom. The summed E-state index contributed by atoms with van der Waals surface area (Å²) in [7, 11) is 0. The summed E-state index contributed by atoms with van der Waals surface area (Å²) >= 11 is 0. The molecule has 7 nitrogen and oxygen atoms in total. The maximum Gasteiger partial charge on any atom is 0.255 e. The van der Waals surface area contributed by atoms with Gasteiger partial charge in [0.2, 0.25) is 0 Å². The molecule has 1 aliphatic heterocycles. The molecule has 1 aliphatic rings. The molecule has 180 valence electrons. The van der Waals surface area contributed by atoms with Gasteiger partial charge in [-0.3, -0.25) is 9.69 Å². The Morgan fingerprint density at radius 3 is 2.69 bits per heavy atom. The predicted octanol–water partition coefficient (Wildman–Crippen LogP) is 4.64. The van der Waals surface area contributed by atoms with Gasteiger partial charge in [0.1, 0.15) is 18.2 Å². The normalized spacial score (nSPS) is 13.6. The number of hydrogen-bond acceptors (Lipinski definition) is 5. The number of anilines is 1. The van der Waals surface area contributed by atoms with Gasteiger partial charge >= 0.3 is 0 Å². The maximum atomic E-state index is 12.9. The smallest absolute Gasteiger partial charge is 0.255 e. The van der Waals surface area contributed by atoms with Gasteiger partial charge in [0, 0.05) is 54.4 Å². The molecule has 0 spiro atoms. The van der Waals surface area contributed by atoms with Gasteiger partial charge in [-0.2, -0.15) is 0 Å². The van der Waals surface area contributed by atoms with E-state index in [4.69, 9.17) is 15.5 Å². The van der Waals surface area contributed by atoms with E-state index in [0.29, 0.717) is 24.7 Å². The number of ether oxygens (including phenoxy) is 1. The zero-order valence-corrected chi connectivity index (χ0v) is 19.8. The van der Waals surface area contributed by atoms with E-state index in [-0.39, 0.29) is 5.56 Å². The molecular weight excluding hydrogens is 450 g/mol. The fraction of sp³-hybridized carbons (Fsp3) is 0.172. The number of nitrogens with zero attached hydrogens (tertiary/aromatic N) is 2. The van der Waals surface area contributed by atoms with Gasteiger partial charge in [-0.05, 0) is 53.6 Å². The summed E-state index contributed by atoms with van der Waals surface area (Å²) in [5.74, 6) is 1.43. The molecule has 0 radical (unpaired) electrons. The van der Waals surface area contributed by atoms with E-state index < -0.39 is 0 Å². The first kappa shape index (κ1) is 22.1. The van der Waals surface area contributed by atoms with Crippen LogP contribution in [0.25, 0.3) is 22.3 Å². The highest BCUT2D eigenvalue weighted by atomic mass is 16.5. The Labute approximate surface area is 208 Å². The molecule has 0 aliphatic carbocycles. The second kappa shape index (κ2) is 9.36. The van der Waals surface area contributed by atoms with E-state index in [0.717, 1.165) is 58.5 Å². The quantitative estimate of drug-likeness (QED) is 0.310. The minimum atomic E-state index is -0.0768. The number of benzene rings is 3. The minimum absolute atomic E-state index is 0.0768. The van der Waals surface area contributed by atoms with E-state index in [1.165, 1.54) is 5.56 Å². The molecule has 0 fully saturated rings. The second-order valence-electron chi connectivity index (χ2n) is 9.22. The van der Waals surface area contributed by atoms with Crippen LogP contribution < -0.4 is 16.0 Å². The van der Waals surface area contributed by atoms with Crippen molar-refractivity contribution in [3.63, 3.8) is 0 Å². The lowest BCUT2D eigenvalue weighted by atomic mass is 10.0. The number of aromatic nitrogens is 3. The molecule has 5 aromatic rings. The summed E-state index contributed by atoms with van der Waals surface area (Å²) in [6.07, 6.45) is 2.78. The first-order chi connectivity index (χ1) is 17.6. The molecule has 0 atom stereocenters. The number of aromatic amines is 2. The zero-order valence-electron chi connectivity index (χ0n) is 19.8. The fourth-order valence-corrected chi connectivity index (χ4v) is 4.75. The molecule has 0 saturated carbocycles. The lowest BCUT2D eigenvalue weighted by Gasteiger charge is -2.27. The fourth-order valence-electron chi connectivity index (χ4n) is 4.75. The van der Waals surface area contributed by atoms with Crippen molar-refractivity contribution < 1.29 is 4.74 Å². The highest BCUT2D eigenvalue weighted by Crippen LogP contribution is 2.27. The summed E-state index contributed by atoms with van der Waals surface area (Å²) in [6, 6.07) is 23.7. The van der Waals surface area contributed by atoms with Crippen molar-refractivity contribution in [3.05, 3.63) is 112 Å². The van der Waals surface area contributed by atoms with Gasteiger partial charge < -0.3 is 20.4 Å². The van der Waals surface area contributed by atoms with Crippen LogP contribution in [0.4, 0.5) is 5.69 Å². The summed E-state index contributed by atoms with van der Waals surface area (Å²) in [4.78, 5) is 26.3. The zero-order chi connectivity index (χ0) is 24.5. The molecule has 3 aromatic carbocycles. The highest BCUT2D eigenvalue weighted by molar-refractivity contribution is 5.84. The summed E-state index contributed by atoms with van der Waals surface area (Å²) < 4.78 is 6.04. The monoisotopic (exact) mass is 477 g/mol. The van der Waals surface area contributed by atoms with Gasteiger partial charge in [0.25, 0.3) is 5.56 Å². The first-order valence-electron chi connectivity index (χ1n) is 12.1. The Bertz CT molecular complexity index is 1570. The van der Waals surface area contributed by atoms with Gasteiger partial charge in [-0.25, -0.2) is 4.98 Å². The van der Waals surface area contributed by atoms with Crippen molar-refractivity contribution in [3.8, 4) is 17.1 Å². The number of nitrogens with one attached hydrogen (secondary N) is 2. The van der Waals surface area contributed by atoms with Gasteiger partial charge in [0.05, 0.1) is 11.3 Å². The molecular formula is C29H27N5O2. The first-order valence-corrected chi connectivity index (χ1v) is 12.1. The van der Waals surface area contributed by atoms with E-state index in [1.807, 2.05) is 54.7 Å². The number of hydrogen-bond donors (Lipinski definition) is 3. The number of nitrogens with two attached hydrogens (primary N) is 1. The number of rotatable bonds is 6. The third kappa shape index (κ3) is 4.48. The molecule has 0 amide bonds. The van der Waals surface area contributed by atoms with Gasteiger partial charge in [0.15, 0.2) is 0 Å². The van der Waals surface area contributed by atoms with Crippen LogP contribution in [0.1, 0.15) is 22.4 Å². The van der Waals surface area contributed by atoms with Crippen LogP contribution in [0, 0.1) is 0 Å². The van der Waals surface area contributed by atoms with Gasteiger partial charge in [-0.15, -0.1) is 0 Å². The summed E-state index contributed by atoms with van der Waals surface area (Å²) in [5, 5.41) is 1.14. The highest BCUT2D eigenvalue weighted by Gasteiger charge is 2.22. The van der Waals surface area contributed by atoms with Crippen LogP contribution in [0.15, 0.2) is 83.8 Å². The number of fused-ring (bicyclic) bond motifs is 2. The van der Waals surface area contributed by atoms with E-state index in [2.05, 4.69) is 39.1 Å². The van der Waals surface area contributed by atoms with E-state index >= 15 is 0 Å². The molecule has 0 bridgehead atoms. The Morgan fingerprint density at radius 2 is 1.86 bits per heavy atom. The van der Waals surface area contributed by atoms with Crippen molar-refractivity contribution in [2.75, 3.05) is 12.3 Å². The molecule has 7 heteroatoms. The molecule has 4 N–H and O–H groups in total. The van der Waals surface area contributed by atoms with E-state index in [9.17, 15) is 4.79 Å². The summed E-state index contributed by atoms with van der Waals surface area (Å²) in [5.41, 5.74) is 12.3. The molecule has 6 rings (SSSR count). The van der Waals surface area contributed by atoms with Crippen molar-refractivity contribution in [2.45, 2.75) is 26.1 Å². The average molecular weight is 478 g/mol. The van der Waals surface area contributed by atoms with Crippen LogP contribution in [-0.2, 0) is 26.1 Å². The van der Waals surface area contributed by atoms with Crippen molar-refractivity contribution in [2.24, 2.45) is 0 Å². The van der Waals surface area contributed by atoms with Crippen LogP contribution >= 0.6 is 0 Å². The third-order valence-corrected chi connectivity index (χ3v) is 6.71. The number of H-pyrrole nitrogens is 2. The lowest BCUT2D eigenvalue weighted by Crippen LogP contribution is -2.35. The predicted molar refractivity (Wildman–Crippen MR) is 142 cm³/mol. The average Bonchev–Trinajstić information content (AvgIpc) is 3.30. The molecule has 0 saturated heterocycles. The largest absolute Gasteiger partial charge is 0.489 e. The van der Waals surface area contributed by atoms with Crippen LogP contribution in [0.2, 0.25) is 0 Å². The SMILES string of the molecule is Nc1ccc(-c2nc3c(c(=O)[nH]2)CN(Cc2c[nH]c4ccc(OCc5ccccc5)cc24)CC3)cc1. The van der Waals surface area contributed by atoms with Crippen molar-refractivity contribution in [1.82, 2.24) is 19.9 Å². The summed E-state index contributed by atoms with van der Waals surface area (Å²) in [6.45, 7) is 2.67. The number of nitrogen functional groups attached to an aromatic ring is 1. The lowest BCUT2D eigenvalue weighted by molar-refractivity contribution is 0.242. The topological polar surface area (TPSA) is 100 Å². The maximum absolute atomic E-state index is 12.9. The van der Waals surface area contributed by atoms with Gasteiger partial charge in [-0.1, -0.05) is 30.3 Å².